The van der Waals surface area contributed by atoms with Crippen LogP contribution in [0, 0.1) is 0 Å². The minimum Gasteiger partial charge on any atom is -0.368 e. The molecular weight excluding hydrogens is 247 g/mol. The Hall–Kier alpha value is -0.820. The first kappa shape index (κ1) is 17.2. The highest BCUT2D eigenvalue weighted by Crippen LogP contribution is 2.17. The van der Waals surface area contributed by atoms with E-state index in [2.05, 4.69) is 5.32 Å². The third-order valence-electron chi connectivity index (χ3n) is 3.01. The molecule has 7 heteroatoms. The van der Waals surface area contributed by atoms with Crippen LogP contribution in [0.4, 0.5) is 13.2 Å². The van der Waals surface area contributed by atoms with Crippen molar-refractivity contribution in [1.82, 2.24) is 10.2 Å². The lowest BCUT2D eigenvalue weighted by Crippen LogP contribution is -2.51. The van der Waals surface area contributed by atoms with Gasteiger partial charge in [0.15, 0.2) is 0 Å². The van der Waals surface area contributed by atoms with Crippen LogP contribution >= 0.6 is 0 Å². The maximum absolute atomic E-state index is 12.1. The summed E-state index contributed by atoms with van der Waals surface area (Å²) in [6.07, 6.45) is -2.42. The van der Waals surface area contributed by atoms with Crippen molar-refractivity contribution in [1.29, 1.82) is 0 Å². The number of carbonyl (C=O) groups is 1. The van der Waals surface area contributed by atoms with Gasteiger partial charge in [0.1, 0.15) is 0 Å². The highest BCUT2D eigenvalue weighted by atomic mass is 19.4. The van der Waals surface area contributed by atoms with Gasteiger partial charge >= 0.3 is 6.18 Å². The molecule has 0 aliphatic heterocycles. The zero-order valence-electron chi connectivity index (χ0n) is 11.1. The lowest BCUT2D eigenvalue weighted by molar-refractivity contribution is -0.143. The maximum atomic E-state index is 12.1. The first-order valence-electron chi connectivity index (χ1n) is 5.85. The number of hydrogen-bond donors (Lipinski definition) is 2. The molecule has 0 aliphatic carbocycles. The number of nitrogens with two attached hydrogens (primary N) is 1. The highest BCUT2D eigenvalue weighted by molar-refractivity contribution is 5.84. The summed E-state index contributed by atoms with van der Waals surface area (Å²) < 4.78 is 36.2. The molecule has 0 aromatic heterocycles. The summed E-state index contributed by atoms with van der Waals surface area (Å²) in [5, 5.41) is 2.84. The summed E-state index contributed by atoms with van der Waals surface area (Å²) in [6, 6.07) is 0. The van der Waals surface area contributed by atoms with Crippen molar-refractivity contribution in [2.24, 2.45) is 5.73 Å². The van der Waals surface area contributed by atoms with Gasteiger partial charge in [0.25, 0.3) is 0 Å². The summed E-state index contributed by atoms with van der Waals surface area (Å²) in [6.45, 7) is 1.12. The molecule has 1 unspecified atom stereocenters. The SMILES string of the molecule is CNC(C)(CCCCN(C)CC(F)(F)F)C(N)=O. The molecule has 0 radical (unpaired) electrons. The molecule has 0 rings (SSSR count). The van der Waals surface area contributed by atoms with Gasteiger partial charge in [-0.3, -0.25) is 9.69 Å². The molecule has 18 heavy (non-hydrogen) atoms. The van der Waals surface area contributed by atoms with Crippen LogP contribution in [0.1, 0.15) is 26.2 Å². The summed E-state index contributed by atoms with van der Waals surface area (Å²) in [7, 11) is 3.07. The van der Waals surface area contributed by atoms with Crippen LogP contribution in [0.25, 0.3) is 0 Å². The Bertz CT molecular complexity index is 271. The van der Waals surface area contributed by atoms with E-state index in [0.29, 0.717) is 25.8 Å². The van der Waals surface area contributed by atoms with E-state index in [0.717, 1.165) is 0 Å². The summed E-state index contributed by atoms with van der Waals surface area (Å²) in [5.41, 5.74) is 4.46. The lowest BCUT2D eigenvalue weighted by atomic mass is 9.94. The van der Waals surface area contributed by atoms with Gasteiger partial charge in [-0.1, -0.05) is 0 Å². The molecule has 4 nitrogen and oxygen atoms in total. The fourth-order valence-electron chi connectivity index (χ4n) is 1.62. The third kappa shape index (κ3) is 6.80. The van der Waals surface area contributed by atoms with E-state index in [1.165, 1.54) is 11.9 Å². The predicted octanol–water partition coefficient (Wildman–Crippen LogP) is 1.11. The van der Waals surface area contributed by atoms with Gasteiger partial charge in [0.2, 0.25) is 5.91 Å². The maximum Gasteiger partial charge on any atom is 0.401 e. The number of alkyl halides is 3. The first-order valence-corrected chi connectivity index (χ1v) is 5.85. The quantitative estimate of drug-likeness (QED) is 0.649. The van der Waals surface area contributed by atoms with E-state index in [1.807, 2.05) is 0 Å². The van der Waals surface area contributed by atoms with Gasteiger partial charge in [-0.2, -0.15) is 13.2 Å². The fraction of sp³-hybridized carbons (Fsp3) is 0.909. The van der Waals surface area contributed by atoms with Gasteiger partial charge in [-0.15, -0.1) is 0 Å². The smallest absolute Gasteiger partial charge is 0.368 e. The van der Waals surface area contributed by atoms with Gasteiger partial charge in [0, 0.05) is 0 Å². The molecular formula is C11H22F3N3O. The van der Waals surface area contributed by atoms with Crippen LogP contribution < -0.4 is 11.1 Å². The van der Waals surface area contributed by atoms with Gasteiger partial charge < -0.3 is 11.1 Å². The summed E-state index contributed by atoms with van der Waals surface area (Å²) >= 11 is 0. The Morgan fingerprint density at radius 2 is 1.89 bits per heavy atom. The number of primary amides is 1. The largest absolute Gasteiger partial charge is 0.401 e. The van der Waals surface area contributed by atoms with Gasteiger partial charge in [-0.25, -0.2) is 0 Å². The second-order valence-corrected chi connectivity index (χ2v) is 4.76. The van der Waals surface area contributed by atoms with E-state index in [-0.39, 0.29) is 0 Å². The molecule has 0 spiro atoms. The van der Waals surface area contributed by atoms with E-state index in [4.69, 9.17) is 5.73 Å². The Morgan fingerprint density at radius 3 is 2.28 bits per heavy atom. The van der Waals surface area contributed by atoms with Crippen molar-refractivity contribution in [2.75, 3.05) is 27.2 Å². The number of halogens is 3. The molecule has 1 amide bonds. The Balaban J connectivity index is 3.89. The first-order chi connectivity index (χ1) is 8.10. The van der Waals surface area contributed by atoms with Crippen LogP contribution in [-0.2, 0) is 4.79 Å². The molecule has 0 saturated heterocycles. The van der Waals surface area contributed by atoms with Crippen molar-refractivity contribution >= 4 is 5.91 Å². The van der Waals surface area contributed by atoms with Crippen LogP contribution in [0.3, 0.4) is 0 Å². The molecule has 0 aromatic rings. The number of likely N-dealkylation sites (N-methyl/N-ethyl adjacent to an activating group) is 1. The highest BCUT2D eigenvalue weighted by Gasteiger charge is 2.30. The second-order valence-electron chi connectivity index (χ2n) is 4.76. The average molecular weight is 269 g/mol. The summed E-state index contributed by atoms with van der Waals surface area (Å²) in [4.78, 5) is 12.4. The van der Waals surface area contributed by atoms with Gasteiger partial charge in [0.05, 0.1) is 12.1 Å². The van der Waals surface area contributed by atoms with Crippen LogP contribution in [0.15, 0.2) is 0 Å². The molecule has 0 saturated carbocycles. The van der Waals surface area contributed by atoms with E-state index in [1.54, 1.807) is 14.0 Å². The Morgan fingerprint density at radius 1 is 1.33 bits per heavy atom. The Kier molecular flexibility index (Phi) is 6.62. The van der Waals surface area contributed by atoms with Crippen molar-refractivity contribution in [3.05, 3.63) is 0 Å². The lowest BCUT2D eigenvalue weighted by Gasteiger charge is -2.26. The summed E-state index contributed by atoms with van der Waals surface area (Å²) in [5.74, 6) is -0.450. The van der Waals surface area contributed by atoms with E-state index < -0.39 is 24.2 Å². The predicted molar refractivity (Wildman–Crippen MR) is 64.1 cm³/mol. The molecule has 0 aliphatic rings. The molecule has 0 fully saturated rings. The van der Waals surface area contributed by atoms with Crippen LogP contribution in [0.2, 0.25) is 0 Å². The molecule has 0 heterocycles. The molecule has 1 atom stereocenters. The van der Waals surface area contributed by atoms with Crippen molar-refractivity contribution in [3.63, 3.8) is 0 Å². The molecule has 0 aromatic carbocycles. The van der Waals surface area contributed by atoms with Crippen molar-refractivity contribution in [2.45, 2.75) is 37.9 Å². The standard InChI is InChI=1S/C11H22F3N3O/c1-10(16-2,9(15)18)6-4-5-7-17(3)8-11(12,13)14/h16H,4-8H2,1-3H3,(H2,15,18). The average Bonchev–Trinajstić information content (AvgIpc) is 2.21. The zero-order chi connectivity index (χ0) is 14.4. The fourth-order valence-corrected chi connectivity index (χ4v) is 1.62. The van der Waals surface area contributed by atoms with E-state index >= 15 is 0 Å². The number of amides is 1. The second kappa shape index (κ2) is 6.94. The Labute approximate surface area is 106 Å². The number of nitrogens with zero attached hydrogens (tertiary/aromatic N) is 1. The van der Waals surface area contributed by atoms with Crippen LogP contribution in [-0.4, -0.2) is 49.7 Å². The normalized spacial score (nSPS) is 15.7. The van der Waals surface area contributed by atoms with E-state index in [9.17, 15) is 18.0 Å². The van der Waals surface area contributed by atoms with Gasteiger partial charge in [-0.05, 0) is 46.8 Å². The number of hydrogen-bond acceptors (Lipinski definition) is 3. The number of unbranched alkanes of at least 4 members (excludes halogenated alkanes) is 1. The third-order valence-corrected chi connectivity index (χ3v) is 3.01. The topological polar surface area (TPSA) is 58.4 Å². The van der Waals surface area contributed by atoms with Crippen molar-refractivity contribution < 1.29 is 18.0 Å². The zero-order valence-corrected chi connectivity index (χ0v) is 11.1. The monoisotopic (exact) mass is 269 g/mol. The number of carbonyl (C=O) groups excluding carboxylic acids is 1. The van der Waals surface area contributed by atoms with Crippen LogP contribution in [0.5, 0.6) is 0 Å². The van der Waals surface area contributed by atoms with Crippen molar-refractivity contribution in [3.8, 4) is 0 Å². The minimum atomic E-state index is -4.17. The molecule has 108 valence electrons. The molecule has 3 N–H and O–H groups in total. The molecule has 0 bridgehead atoms. The minimum absolute atomic E-state index is 0.345. The number of nitrogens with one attached hydrogen (secondary N) is 1. The number of rotatable bonds is 8.